The van der Waals surface area contributed by atoms with Gasteiger partial charge in [0, 0.05) is 61.6 Å². The van der Waals surface area contributed by atoms with Gasteiger partial charge in [0.25, 0.3) is 0 Å². The highest BCUT2D eigenvalue weighted by Crippen LogP contribution is 2.63. The molecule has 0 radical (unpaired) electrons. The second kappa shape index (κ2) is 10.9. The van der Waals surface area contributed by atoms with Crippen molar-refractivity contribution in [3.63, 3.8) is 0 Å². The molecule has 4 aromatic heterocycles. The van der Waals surface area contributed by atoms with E-state index in [4.69, 9.17) is 4.74 Å². The van der Waals surface area contributed by atoms with Crippen LogP contribution in [0.15, 0.2) is 78.4 Å². The van der Waals surface area contributed by atoms with E-state index < -0.39 is 11.6 Å². The maximum Gasteiger partial charge on any atom is 0.349 e. The summed E-state index contributed by atoms with van der Waals surface area (Å²) in [5.41, 5.74) is 5.03. The summed E-state index contributed by atoms with van der Waals surface area (Å²) in [5.74, 6) is 1.67. The fourth-order valence-electron chi connectivity index (χ4n) is 8.08. The molecule has 0 spiro atoms. The second-order valence-electron chi connectivity index (χ2n) is 13.9. The number of nitriles is 1. The van der Waals surface area contributed by atoms with Crippen molar-refractivity contribution in [1.82, 2.24) is 0 Å². The molecule has 6 aromatic rings. The number of para-hydroxylation sites is 1. The van der Waals surface area contributed by atoms with Crippen molar-refractivity contribution in [2.45, 2.75) is 57.6 Å². The molecular weight excluding hydrogens is 657 g/mol. The van der Waals surface area contributed by atoms with Crippen LogP contribution in [0.5, 0.6) is 0 Å². The van der Waals surface area contributed by atoms with Gasteiger partial charge < -0.3 is 9.64 Å². The number of carbonyl (C=O) groups excluding carboxylic acids is 1. The van der Waals surface area contributed by atoms with Crippen LogP contribution in [-0.4, -0.2) is 17.6 Å². The van der Waals surface area contributed by atoms with Gasteiger partial charge in [0.1, 0.15) is 17.2 Å². The zero-order valence-electron chi connectivity index (χ0n) is 26.3. The fraction of sp³-hybridized carbons (Fsp3) is 0.282. The van der Waals surface area contributed by atoms with E-state index >= 15 is 0 Å². The van der Waals surface area contributed by atoms with Crippen LogP contribution < -0.4 is 4.90 Å². The average molecular weight is 689 g/mol. The molecule has 0 amide bonds. The van der Waals surface area contributed by atoms with Crippen LogP contribution >= 0.6 is 45.3 Å². The van der Waals surface area contributed by atoms with E-state index in [-0.39, 0.29) is 5.57 Å². The molecule has 2 bridgehead atoms. The van der Waals surface area contributed by atoms with E-state index in [2.05, 4.69) is 77.7 Å². The summed E-state index contributed by atoms with van der Waals surface area (Å²) in [6.07, 6.45) is 5.77. The fourth-order valence-corrected chi connectivity index (χ4v) is 12.9. The lowest BCUT2D eigenvalue weighted by Gasteiger charge is -2.33. The summed E-state index contributed by atoms with van der Waals surface area (Å²) in [7, 11) is 0. The van der Waals surface area contributed by atoms with Gasteiger partial charge in [-0.2, -0.15) is 5.26 Å². The van der Waals surface area contributed by atoms with Crippen LogP contribution in [0.2, 0.25) is 0 Å². The van der Waals surface area contributed by atoms with Gasteiger partial charge in [-0.3, -0.25) is 0 Å². The van der Waals surface area contributed by atoms with E-state index in [1.165, 1.54) is 60.2 Å². The lowest BCUT2D eigenvalue weighted by Crippen LogP contribution is -2.35. The first-order chi connectivity index (χ1) is 22.7. The highest BCUT2D eigenvalue weighted by atomic mass is 32.1. The molecule has 0 N–H and O–H groups in total. The lowest BCUT2D eigenvalue weighted by molar-refractivity contribution is -0.149. The molecule has 8 heteroatoms. The second-order valence-corrected chi connectivity index (χ2v) is 18.3. The maximum atomic E-state index is 12.4. The first-order valence-corrected chi connectivity index (χ1v) is 19.4. The Labute approximate surface area is 290 Å². The number of benzene rings is 2. The van der Waals surface area contributed by atoms with E-state index in [1.54, 1.807) is 55.1 Å². The lowest BCUT2D eigenvalue weighted by atomic mass is 9.82. The van der Waals surface area contributed by atoms with Crippen molar-refractivity contribution < 1.29 is 9.53 Å². The zero-order valence-corrected chi connectivity index (χ0v) is 29.5. The molecular formula is C39H32N2O2S4. The monoisotopic (exact) mass is 688 g/mol. The van der Waals surface area contributed by atoms with Crippen LogP contribution in [-0.2, 0) is 9.53 Å². The number of rotatable bonds is 5. The molecule has 9 rings (SSSR count). The third-order valence-electron chi connectivity index (χ3n) is 9.84. The number of thiophene rings is 4. The van der Waals surface area contributed by atoms with Gasteiger partial charge in [0.2, 0.25) is 0 Å². The number of hydrogen-bond donors (Lipinski definition) is 0. The molecule has 0 saturated heterocycles. The third kappa shape index (κ3) is 4.98. The predicted molar refractivity (Wildman–Crippen MR) is 199 cm³/mol. The Kier molecular flexibility index (Phi) is 6.82. The standard InChI is InChI=1S/C39H32N2O2S4/c1-39(2,3)43-38(42)24(20-40)14-26-16-30-31(44-26)18-34(46-30)35-19-33-32(47-35)17-29(45-33)21-11-12-28-27(15-21)36-22-9-10-23(13-22)37(36)41(28)25-7-5-4-6-8-25/h4-8,11-12,14-19,22-23,36-37H,9-10,13H2,1-3H3/b24-14+/t22-,23?,36?,37?/m0/s1. The first kappa shape index (κ1) is 29.4. The molecule has 2 aliphatic carbocycles. The summed E-state index contributed by atoms with van der Waals surface area (Å²) in [4.78, 5) is 19.9. The number of ether oxygens (including phenoxy) is 1. The van der Waals surface area contributed by atoms with Crippen LogP contribution in [0.25, 0.3) is 45.1 Å². The molecule has 2 fully saturated rings. The SMILES string of the molecule is CC(C)(C)OC(=O)/C(C#N)=C/c1cc2sc(-c3cc4sc(-c5ccc6c(c5)C5C(C7CC[C@H]5C7)N6c5ccccc5)cc4s3)cc2s1. The number of carbonyl (C=O) groups is 1. The zero-order chi connectivity index (χ0) is 32.0. The minimum atomic E-state index is -0.641. The Bertz CT molecular complexity index is 2210. The maximum absolute atomic E-state index is 12.4. The van der Waals surface area contributed by atoms with Crippen molar-refractivity contribution in [2.24, 2.45) is 11.8 Å². The first-order valence-electron chi connectivity index (χ1n) is 16.1. The Morgan fingerprint density at radius 1 is 0.851 bits per heavy atom. The van der Waals surface area contributed by atoms with E-state index in [0.29, 0.717) is 12.0 Å². The van der Waals surface area contributed by atoms with Gasteiger partial charge >= 0.3 is 5.97 Å². The Morgan fingerprint density at radius 3 is 2.21 bits per heavy atom. The molecule has 2 aromatic carbocycles. The van der Waals surface area contributed by atoms with Crippen LogP contribution in [0.3, 0.4) is 0 Å². The molecule has 4 atom stereocenters. The molecule has 47 heavy (non-hydrogen) atoms. The van der Waals surface area contributed by atoms with E-state index in [1.807, 2.05) is 28.7 Å². The van der Waals surface area contributed by atoms with Gasteiger partial charge in [0.05, 0.1) is 0 Å². The topological polar surface area (TPSA) is 53.3 Å². The number of anilines is 2. The Balaban J connectivity index is 0.989. The summed E-state index contributed by atoms with van der Waals surface area (Å²) in [6, 6.07) is 29.9. The quantitative estimate of drug-likeness (QED) is 0.103. The molecule has 3 aliphatic rings. The number of fused-ring (bicyclic) bond motifs is 9. The van der Waals surface area contributed by atoms with Crippen molar-refractivity contribution in [3.8, 4) is 26.3 Å². The van der Waals surface area contributed by atoms with E-state index in [0.717, 1.165) is 26.1 Å². The van der Waals surface area contributed by atoms with Gasteiger partial charge in [-0.05, 0) is 118 Å². The van der Waals surface area contributed by atoms with Gasteiger partial charge in [-0.15, -0.1) is 45.3 Å². The van der Waals surface area contributed by atoms with E-state index in [9.17, 15) is 10.1 Å². The highest BCUT2D eigenvalue weighted by Gasteiger charge is 2.55. The highest BCUT2D eigenvalue weighted by molar-refractivity contribution is 7.34. The summed E-state index contributed by atoms with van der Waals surface area (Å²) < 4.78 is 10.4. The minimum Gasteiger partial charge on any atom is -0.456 e. The van der Waals surface area contributed by atoms with Gasteiger partial charge in [0.15, 0.2) is 0 Å². The third-order valence-corrected chi connectivity index (χ3v) is 14.6. The average Bonchev–Trinajstić information content (AvgIpc) is 3.88. The number of nitrogens with zero attached hydrogens (tertiary/aromatic N) is 2. The summed E-state index contributed by atoms with van der Waals surface area (Å²) in [5, 5.41) is 9.56. The smallest absolute Gasteiger partial charge is 0.349 e. The summed E-state index contributed by atoms with van der Waals surface area (Å²) >= 11 is 7.12. The van der Waals surface area contributed by atoms with Crippen molar-refractivity contribution in [1.29, 1.82) is 5.26 Å². The van der Waals surface area contributed by atoms with Crippen molar-refractivity contribution >= 4 is 87.6 Å². The normalized spacial score (nSPS) is 21.8. The molecule has 4 nitrogen and oxygen atoms in total. The van der Waals surface area contributed by atoms with Crippen LogP contribution in [0.1, 0.15) is 56.4 Å². The molecule has 2 saturated carbocycles. The largest absolute Gasteiger partial charge is 0.456 e. The Hall–Kier alpha value is -3.74. The van der Waals surface area contributed by atoms with Crippen LogP contribution in [0.4, 0.5) is 11.4 Å². The van der Waals surface area contributed by atoms with Crippen molar-refractivity contribution in [2.75, 3.05) is 4.90 Å². The predicted octanol–water partition coefficient (Wildman–Crippen LogP) is 11.9. The number of hydrogen-bond acceptors (Lipinski definition) is 8. The molecule has 1 aliphatic heterocycles. The van der Waals surface area contributed by atoms with Gasteiger partial charge in [-0.25, -0.2) is 4.79 Å². The molecule has 5 heterocycles. The Morgan fingerprint density at radius 2 is 1.51 bits per heavy atom. The van der Waals surface area contributed by atoms with Gasteiger partial charge in [-0.1, -0.05) is 24.3 Å². The summed E-state index contributed by atoms with van der Waals surface area (Å²) in [6.45, 7) is 5.41. The minimum absolute atomic E-state index is 0.0236. The van der Waals surface area contributed by atoms with Crippen molar-refractivity contribution in [3.05, 3.63) is 88.8 Å². The molecule has 234 valence electrons. The van der Waals surface area contributed by atoms with Crippen LogP contribution in [0, 0.1) is 23.2 Å². The molecule has 3 unspecified atom stereocenters. The number of esters is 1.